The van der Waals surface area contributed by atoms with E-state index in [2.05, 4.69) is 28.1 Å². The van der Waals surface area contributed by atoms with E-state index in [1.165, 1.54) is 11.1 Å². The molecule has 2 N–H and O–H groups in total. The Labute approximate surface area is 171 Å². The van der Waals surface area contributed by atoms with E-state index in [0.717, 1.165) is 50.5 Å². The quantitative estimate of drug-likeness (QED) is 0.315. The van der Waals surface area contributed by atoms with Crippen LogP contribution in [-0.4, -0.2) is 59.4 Å². The number of thioether (sulfide) groups is 1. The molecule has 2 aliphatic rings. The van der Waals surface area contributed by atoms with Gasteiger partial charge in [0.1, 0.15) is 0 Å². The summed E-state index contributed by atoms with van der Waals surface area (Å²) in [5.41, 5.74) is 8.69. The Morgan fingerprint density at radius 3 is 2.60 bits per heavy atom. The second kappa shape index (κ2) is 10.3. The van der Waals surface area contributed by atoms with Gasteiger partial charge < -0.3 is 15.5 Å². The van der Waals surface area contributed by atoms with E-state index in [9.17, 15) is 4.79 Å². The van der Waals surface area contributed by atoms with Gasteiger partial charge in [0.05, 0.1) is 0 Å². The Hall–Kier alpha value is -0.960. The SMILES string of the molecule is I.NC(=NCCCC(=O)N1CCc2ccccc2C1)N1CCSCC1. The zero-order valence-corrected chi connectivity index (χ0v) is 17.7. The molecule has 7 heteroatoms. The third-order valence-corrected chi connectivity index (χ3v) is 5.58. The molecule has 2 heterocycles. The largest absolute Gasteiger partial charge is 0.370 e. The number of nitrogens with zero attached hydrogens (tertiary/aromatic N) is 3. The molecule has 5 nitrogen and oxygen atoms in total. The first-order chi connectivity index (χ1) is 11.7. The van der Waals surface area contributed by atoms with Crippen molar-refractivity contribution in [3.05, 3.63) is 35.4 Å². The summed E-state index contributed by atoms with van der Waals surface area (Å²) in [5.74, 6) is 3.10. The predicted molar refractivity (Wildman–Crippen MR) is 116 cm³/mol. The molecule has 1 fully saturated rings. The molecule has 0 atom stereocenters. The number of amides is 1. The number of halogens is 1. The Kier molecular flexibility index (Phi) is 8.35. The van der Waals surface area contributed by atoms with E-state index >= 15 is 0 Å². The Morgan fingerprint density at radius 2 is 1.84 bits per heavy atom. The molecular weight excluding hydrogens is 447 g/mol. The summed E-state index contributed by atoms with van der Waals surface area (Å²) in [5, 5.41) is 0. The smallest absolute Gasteiger partial charge is 0.222 e. The van der Waals surface area contributed by atoms with Gasteiger partial charge in [0.25, 0.3) is 0 Å². The predicted octanol–water partition coefficient (Wildman–Crippen LogP) is 2.33. The van der Waals surface area contributed by atoms with Crippen LogP contribution in [0.5, 0.6) is 0 Å². The zero-order valence-electron chi connectivity index (χ0n) is 14.5. The topological polar surface area (TPSA) is 61.9 Å². The van der Waals surface area contributed by atoms with Crippen molar-refractivity contribution < 1.29 is 4.79 Å². The maximum absolute atomic E-state index is 12.4. The van der Waals surface area contributed by atoms with E-state index in [1.54, 1.807) is 0 Å². The molecule has 1 amide bonds. The fourth-order valence-corrected chi connectivity index (χ4v) is 4.09. The molecule has 0 aliphatic carbocycles. The van der Waals surface area contributed by atoms with Gasteiger partial charge in [-0.15, -0.1) is 24.0 Å². The van der Waals surface area contributed by atoms with E-state index < -0.39 is 0 Å². The third-order valence-electron chi connectivity index (χ3n) is 4.64. The van der Waals surface area contributed by atoms with Crippen LogP contribution in [0.2, 0.25) is 0 Å². The van der Waals surface area contributed by atoms with Crippen LogP contribution in [0.15, 0.2) is 29.3 Å². The lowest BCUT2D eigenvalue weighted by molar-refractivity contribution is -0.132. The summed E-state index contributed by atoms with van der Waals surface area (Å²) >= 11 is 1.96. The first kappa shape index (κ1) is 20.4. The number of hydrogen-bond donors (Lipinski definition) is 1. The molecular formula is C18H27IN4OS. The van der Waals surface area contributed by atoms with Crippen molar-refractivity contribution in [3.8, 4) is 0 Å². The van der Waals surface area contributed by atoms with Gasteiger partial charge >= 0.3 is 0 Å². The van der Waals surface area contributed by atoms with E-state index in [4.69, 9.17) is 5.73 Å². The summed E-state index contributed by atoms with van der Waals surface area (Å²) < 4.78 is 0. The van der Waals surface area contributed by atoms with Crippen LogP contribution in [0.4, 0.5) is 0 Å². The van der Waals surface area contributed by atoms with Crippen molar-refractivity contribution in [2.75, 3.05) is 37.7 Å². The standard InChI is InChI=1S/C18H26N4OS.HI/c19-18(21-10-12-24-13-11-21)20-8-3-6-17(23)22-9-7-15-4-1-2-5-16(15)14-22;/h1-2,4-5H,3,6-14H2,(H2,19,20);1H. The van der Waals surface area contributed by atoms with E-state index in [1.807, 2.05) is 22.7 Å². The van der Waals surface area contributed by atoms with Crippen molar-refractivity contribution in [1.29, 1.82) is 0 Å². The van der Waals surface area contributed by atoms with Crippen molar-refractivity contribution in [3.63, 3.8) is 0 Å². The Bertz CT molecular complexity index is 604. The van der Waals surface area contributed by atoms with Crippen LogP contribution in [0.3, 0.4) is 0 Å². The van der Waals surface area contributed by atoms with Gasteiger partial charge in [0.2, 0.25) is 5.91 Å². The number of hydrogen-bond acceptors (Lipinski definition) is 3. The van der Waals surface area contributed by atoms with Crippen LogP contribution in [0, 0.1) is 0 Å². The molecule has 3 rings (SSSR count). The van der Waals surface area contributed by atoms with Gasteiger partial charge in [-0.3, -0.25) is 9.79 Å². The number of carbonyl (C=O) groups excluding carboxylic acids is 1. The van der Waals surface area contributed by atoms with Crippen LogP contribution in [0.25, 0.3) is 0 Å². The summed E-state index contributed by atoms with van der Waals surface area (Å²) in [6.07, 6.45) is 2.27. The highest BCUT2D eigenvalue weighted by Crippen LogP contribution is 2.19. The van der Waals surface area contributed by atoms with Crippen LogP contribution < -0.4 is 5.73 Å². The minimum absolute atomic E-state index is 0. The average molecular weight is 474 g/mol. The molecule has 1 aromatic carbocycles. The van der Waals surface area contributed by atoms with Gasteiger partial charge in [-0.05, 0) is 24.0 Å². The fourth-order valence-electron chi connectivity index (χ4n) is 3.18. The molecule has 0 bridgehead atoms. The van der Waals surface area contributed by atoms with Gasteiger partial charge in [-0.2, -0.15) is 11.8 Å². The lowest BCUT2D eigenvalue weighted by Gasteiger charge is -2.29. The molecule has 0 radical (unpaired) electrons. The van der Waals surface area contributed by atoms with E-state index in [0.29, 0.717) is 18.9 Å². The molecule has 0 spiro atoms. The second-order valence-corrected chi connectivity index (χ2v) is 7.50. The van der Waals surface area contributed by atoms with Crippen molar-refractivity contribution in [1.82, 2.24) is 9.80 Å². The highest BCUT2D eigenvalue weighted by Gasteiger charge is 2.19. The monoisotopic (exact) mass is 474 g/mol. The van der Waals surface area contributed by atoms with Crippen molar-refractivity contribution in [2.45, 2.75) is 25.8 Å². The number of benzene rings is 1. The molecule has 1 saturated heterocycles. The zero-order chi connectivity index (χ0) is 16.8. The molecule has 2 aliphatic heterocycles. The van der Waals surface area contributed by atoms with Crippen LogP contribution in [-0.2, 0) is 17.8 Å². The molecule has 1 aromatic rings. The highest BCUT2D eigenvalue weighted by atomic mass is 127. The number of carbonyl (C=O) groups is 1. The minimum atomic E-state index is 0. The summed E-state index contributed by atoms with van der Waals surface area (Å²) in [6.45, 7) is 4.16. The maximum Gasteiger partial charge on any atom is 0.222 e. The van der Waals surface area contributed by atoms with Gasteiger partial charge in [-0.25, -0.2) is 0 Å². The first-order valence-electron chi connectivity index (χ1n) is 8.71. The molecule has 0 saturated carbocycles. The van der Waals surface area contributed by atoms with E-state index in [-0.39, 0.29) is 29.9 Å². The normalized spacial score (nSPS) is 17.7. The second-order valence-electron chi connectivity index (χ2n) is 6.28. The minimum Gasteiger partial charge on any atom is -0.370 e. The molecule has 138 valence electrons. The fraction of sp³-hybridized carbons (Fsp3) is 0.556. The van der Waals surface area contributed by atoms with Gasteiger partial charge in [0, 0.05) is 50.7 Å². The van der Waals surface area contributed by atoms with Crippen LogP contribution >= 0.6 is 35.7 Å². The van der Waals surface area contributed by atoms with Gasteiger partial charge in [0.15, 0.2) is 5.96 Å². The summed E-state index contributed by atoms with van der Waals surface area (Å²) in [4.78, 5) is 20.9. The average Bonchev–Trinajstić information content (AvgIpc) is 2.65. The van der Waals surface area contributed by atoms with Crippen molar-refractivity contribution >= 4 is 47.6 Å². The lowest BCUT2D eigenvalue weighted by Crippen LogP contribution is -2.42. The molecule has 0 unspecified atom stereocenters. The first-order valence-corrected chi connectivity index (χ1v) is 9.86. The number of nitrogens with two attached hydrogens (primary N) is 1. The summed E-state index contributed by atoms with van der Waals surface area (Å²) in [6, 6.07) is 8.40. The van der Waals surface area contributed by atoms with Crippen molar-refractivity contribution in [2.24, 2.45) is 10.7 Å². The maximum atomic E-state index is 12.4. The molecule has 0 aromatic heterocycles. The van der Waals surface area contributed by atoms with Gasteiger partial charge in [-0.1, -0.05) is 24.3 Å². The number of aliphatic imine (C=N–C) groups is 1. The summed E-state index contributed by atoms with van der Waals surface area (Å²) in [7, 11) is 0. The van der Waals surface area contributed by atoms with Crippen LogP contribution in [0.1, 0.15) is 24.0 Å². The highest BCUT2D eigenvalue weighted by molar-refractivity contribution is 14.0. The number of rotatable bonds is 4. The Balaban J connectivity index is 0.00000225. The third kappa shape index (κ3) is 5.77. The number of guanidine groups is 1. The number of fused-ring (bicyclic) bond motifs is 1. The molecule has 25 heavy (non-hydrogen) atoms. The Morgan fingerprint density at radius 1 is 1.12 bits per heavy atom. The lowest BCUT2D eigenvalue weighted by atomic mass is 9.99.